The summed E-state index contributed by atoms with van der Waals surface area (Å²) in [5.74, 6) is -1.48. The van der Waals surface area contributed by atoms with E-state index in [2.05, 4.69) is 10.3 Å². The van der Waals surface area contributed by atoms with Gasteiger partial charge in [0.25, 0.3) is 5.91 Å². The van der Waals surface area contributed by atoms with Crippen LogP contribution in [0.2, 0.25) is 0 Å². The number of carbonyl (C=O) groups is 2. The Kier molecular flexibility index (Phi) is 2.82. The number of aromatic nitrogens is 1. The molecule has 0 bridgehead atoms. The Balaban J connectivity index is 2.32. The van der Waals surface area contributed by atoms with Gasteiger partial charge in [-0.2, -0.15) is 0 Å². The molecule has 1 aromatic carbocycles. The number of para-hydroxylation sites is 1. The molecule has 2 aromatic rings. The highest BCUT2D eigenvalue weighted by Gasteiger charge is 2.29. The van der Waals surface area contributed by atoms with Crippen molar-refractivity contribution in [1.29, 1.82) is 0 Å². The normalized spacial score (nSPS) is 11.4. The second-order valence-electron chi connectivity index (χ2n) is 4.63. The molecule has 5 nitrogen and oxygen atoms in total. The van der Waals surface area contributed by atoms with Crippen LogP contribution in [0.25, 0.3) is 10.9 Å². The Bertz CT molecular complexity index is 613. The minimum atomic E-state index is -1.30. The van der Waals surface area contributed by atoms with Gasteiger partial charge in [0.05, 0.1) is 5.56 Å². The van der Waals surface area contributed by atoms with Gasteiger partial charge in [-0.15, -0.1) is 0 Å². The number of carbonyl (C=O) groups excluding carboxylic acids is 1. The summed E-state index contributed by atoms with van der Waals surface area (Å²) >= 11 is 0. The predicted octanol–water partition coefficient (Wildman–Crippen LogP) is 1.76. The van der Waals surface area contributed by atoms with Crippen molar-refractivity contribution in [3.05, 3.63) is 36.0 Å². The molecule has 0 atom stereocenters. The quantitative estimate of drug-likeness (QED) is 0.771. The van der Waals surface area contributed by atoms with Crippen LogP contribution in [-0.2, 0) is 4.79 Å². The molecule has 0 saturated carbocycles. The first-order chi connectivity index (χ1) is 8.42. The maximum Gasteiger partial charge on any atom is 0.328 e. The minimum Gasteiger partial charge on any atom is -0.480 e. The van der Waals surface area contributed by atoms with Crippen LogP contribution in [0.15, 0.2) is 30.5 Å². The van der Waals surface area contributed by atoms with Gasteiger partial charge in [0, 0.05) is 17.1 Å². The lowest BCUT2D eigenvalue weighted by Gasteiger charge is -2.20. The molecule has 0 saturated heterocycles. The number of carboxylic acids is 1. The second kappa shape index (κ2) is 4.18. The SMILES string of the molecule is CC(C)(NC(=O)c1c[nH]c2ccccc12)C(=O)O. The number of rotatable bonds is 3. The molecule has 18 heavy (non-hydrogen) atoms. The number of amides is 1. The fourth-order valence-corrected chi connectivity index (χ4v) is 1.66. The van der Waals surface area contributed by atoms with Crippen molar-refractivity contribution >= 4 is 22.8 Å². The van der Waals surface area contributed by atoms with Crippen molar-refractivity contribution in [2.24, 2.45) is 0 Å². The summed E-state index contributed by atoms with van der Waals surface area (Å²) in [7, 11) is 0. The third-order valence-electron chi connectivity index (χ3n) is 2.79. The van der Waals surface area contributed by atoms with Crippen molar-refractivity contribution in [2.75, 3.05) is 0 Å². The third-order valence-corrected chi connectivity index (χ3v) is 2.79. The minimum absolute atomic E-state index is 0.403. The van der Waals surface area contributed by atoms with Crippen LogP contribution in [0.4, 0.5) is 0 Å². The number of hydrogen-bond acceptors (Lipinski definition) is 2. The zero-order valence-corrected chi connectivity index (χ0v) is 10.2. The molecule has 2 rings (SSSR count). The number of hydrogen-bond donors (Lipinski definition) is 3. The third kappa shape index (κ3) is 2.07. The van der Waals surface area contributed by atoms with Gasteiger partial charge < -0.3 is 15.4 Å². The number of carboxylic acid groups (broad SMARTS) is 1. The summed E-state index contributed by atoms with van der Waals surface area (Å²) in [4.78, 5) is 26.0. The van der Waals surface area contributed by atoms with Crippen LogP contribution in [-0.4, -0.2) is 27.5 Å². The summed E-state index contributed by atoms with van der Waals surface area (Å²) in [6, 6.07) is 7.36. The van der Waals surface area contributed by atoms with E-state index in [1.807, 2.05) is 24.3 Å². The first-order valence-electron chi connectivity index (χ1n) is 5.54. The van der Waals surface area contributed by atoms with Gasteiger partial charge in [-0.05, 0) is 19.9 Å². The van der Waals surface area contributed by atoms with E-state index in [1.165, 1.54) is 13.8 Å². The van der Waals surface area contributed by atoms with Gasteiger partial charge in [0.2, 0.25) is 0 Å². The average molecular weight is 246 g/mol. The van der Waals surface area contributed by atoms with Crippen molar-refractivity contribution in [3.8, 4) is 0 Å². The standard InChI is InChI=1S/C13H14N2O3/c1-13(2,12(17)18)15-11(16)9-7-14-10-6-4-3-5-8(9)10/h3-7,14H,1-2H3,(H,15,16)(H,17,18). The second-order valence-corrected chi connectivity index (χ2v) is 4.63. The Morgan fingerprint density at radius 1 is 1.28 bits per heavy atom. The summed E-state index contributed by atoms with van der Waals surface area (Å²) in [6.45, 7) is 2.89. The number of benzene rings is 1. The van der Waals surface area contributed by atoms with Crippen LogP contribution >= 0.6 is 0 Å². The first kappa shape index (κ1) is 12.2. The Labute approximate surface area is 104 Å². The van der Waals surface area contributed by atoms with Gasteiger partial charge in [0.15, 0.2) is 0 Å². The molecule has 3 N–H and O–H groups in total. The monoisotopic (exact) mass is 246 g/mol. The molecule has 0 spiro atoms. The summed E-state index contributed by atoms with van der Waals surface area (Å²) in [5, 5.41) is 12.2. The zero-order valence-electron chi connectivity index (χ0n) is 10.2. The average Bonchev–Trinajstić information content (AvgIpc) is 2.71. The fourth-order valence-electron chi connectivity index (χ4n) is 1.66. The number of aromatic amines is 1. The van der Waals surface area contributed by atoms with E-state index in [0.717, 1.165) is 10.9 Å². The van der Waals surface area contributed by atoms with E-state index in [0.29, 0.717) is 5.56 Å². The molecule has 0 aliphatic heterocycles. The van der Waals surface area contributed by atoms with Crippen LogP contribution in [0.3, 0.4) is 0 Å². The fraction of sp³-hybridized carbons (Fsp3) is 0.231. The van der Waals surface area contributed by atoms with Crippen LogP contribution in [0, 0.1) is 0 Å². The van der Waals surface area contributed by atoms with E-state index < -0.39 is 17.4 Å². The number of nitrogens with one attached hydrogen (secondary N) is 2. The lowest BCUT2D eigenvalue weighted by molar-refractivity contribution is -0.143. The van der Waals surface area contributed by atoms with Crippen molar-refractivity contribution in [2.45, 2.75) is 19.4 Å². The van der Waals surface area contributed by atoms with E-state index in [1.54, 1.807) is 6.20 Å². The highest BCUT2D eigenvalue weighted by Crippen LogP contribution is 2.18. The van der Waals surface area contributed by atoms with E-state index in [-0.39, 0.29) is 0 Å². The van der Waals surface area contributed by atoms with Crippen molar-refractivity contribution in [1.82, 2.24) is 10.3 Å². The number of fused-ring (bicyclic) bond motifs is 1. The van der Waals surface area contributed by atoms with E-state index in [4.69, 9.17) is 5.11 Å². The topological polar surface area (TPSA) is 82.2 Å². The lowest BCUT2D eigenvalue weighted by Crippen LogP contribution is -2.49. The predicted molar refractivity (Wildman–Crippen MR) is 67.5 cm³/mol. The zero-order chi connectivity index (χ0) is 13.3. The lowest BCUT2D eigenvalue weighted by atomic mass is 10.1. The van der Waals surface area contributed by atoms with Gasteiger partial charge >= 0.3 is 5.97 Å². The Morgan fingerprint density at radius 2 is 1.94 bits per heavy atom. The molecular weight excluding hydrogens is 232 g/mol. The molecular formula is C13H14N2O3. The molecule has 0 unspecified atom stereocenters. The Hall–Kier alpha value is -2.30. The molecule has 94 valence electrons. The van der Waals surface area contributed by atoms with Crippen molar-refractivity contribution in [3.63, 3.8) is 0 Å². The van der Waals surface area contributed by atoms with Crippen LogP contribution < -0.4 is 5.32 Å². The van der Waals surface area contributed by atoms with E-state index >= 15 is 0 Å². The molecule has 0 aliphatic rings. The molecule has 1 amide bonds. The molecule has 1 heterocycles. The van der Waals surface area contributed by atoms with Crippen molar-refractivity contribution < 1.29 is 14.7 Å². The maximum atomic E-state index is 12.0. The number of H-pyrrole nitrogens is 1. The molecule has 0 fully saturated rings. The van der Waals surface area contributed by atoms with E-state index in [9.17, 15) is 9.59 Å². The highest BCUT2D eigenvalue weighted by molar-refractivity contribution is 6.08. The summed E-state index contributed by atoms with van der Waals surface area (Å²) < 4.78 is 0. The largest absolute Gasteiger partial charge is 0.480 e. The smallest absolute Gasteiger partial charge is 0.328 e. The summed E-state index contributed by atoms with van der Waals surface area (Å²) in [6.07, 6.45) is 1.58. The molecule has 5 heteroatoms. The highest BCUT2D eigenvalue weighted by atomic mass is 16.4. The summed E-state index contributed by atoms with van der Waals surface area (Å²) in [5.41, 5.74) is -0.00848. The molecule has 0 radical (unpaired) electrons. The molecule has 1 aromatic heterocycles. The van der Waals surface area contributed by atoms with Gasteiger partial charge in [0.1, 0.15) is 5.54 Å². The molecule has 0 aliphatic carbocycles. The first-order valence-corrected chi connectivity index (χ1v) is 5.54. The maximum absolute atomic E-state index is 12.0. The van der Waals surface area contributed by atoms with Gasteiger partial charge in [-0.25, -0.2) is 4.79 Å². The van der Waals surface area contributed by atoms with Gasteiger partial charge in [-0.1, -0.05) is 18.2 Å². The van der Waals surface area contributed by atoms with Crippen LogP contribution in [0.1, 0.15) is 24.2 Å². The Morgan fingerprint density at radius 3 is 2.61 bits per heavy atom. The number of aliphatic carboxylic acids is 1. The van der Waals surface area contributed by atoms with Crippen LogP contribution in [0.5, 0.6) is 0 Å². The van der Waals surface area contributed by atoms with Gasteiger partial charge in [-0.3, -0.25) is 4.79 Å².